The van der Waals surface area contributed by atoms with Crippen molar-refractivity contribution in [3.63, 3.8) is 0 Å². The third-order valence-corrected chi connectivity index (χ3v) is 4.51. The summed E-state index contributed by atoms with van der Waals surface area (Å²) in [5.74, 6) is 1.78. The Labute approximate surface area is 129 Å². The molecule has 1 N–H and O–H groups in total. The maximum Gasteiger partial charge on any atom is 0.142 e. The highest BCUT2D eigenvalue weighted by Crippen LogP contribution is 2.32. The summed E-state index contributed by atoms with van der Waals surface area (Å²) < 4.78 is 5.64. The molecule has 2 unspecified atom stereocenters. The van der Waals surface area contributed by atoms with Crippen molar-refractivity contribution in [3.05, 3.63) is 23.8 Å². The van der Waals surface area contributed by atoms with Gasteiger partial charge in [0.05, 0.1) is 12.8 Å². The highest BCUT2D eigenvalue weighted by atomic mass is 16.5. The quantitative estimate of drug-likeness (QED) is 0.862. The summed E-state index contributed by atoms with van der Waals surface area (Å²) in [5, 5.41) is 3.54. The Kier molecular flexibility index (Phi) is 5.92. The minimum atomic E-state index is 0.554. The highest BCUT2D eigenvalue weighted by molar-refractivity contribution is 5.60. The topological polar surface area (TPSA) is 24.5 Å². The molecular formula is C18H30N2O. The van der Waals surface area contributed by atoms with Gasteiger partial charge in [-0.2, -0.15) is 0 Å². The monoisotopic (exact) mass is 290 g/mol. The van der Waals surface area contributed by atoms with Crippen molar-refractivity contribution >= 4 is 5.69 Å². The molecule has 3 nitrogen and oxygen atoms in total. The molecule has 1 saturated heterocycles. The Bertz CT molecular complexity index is 447. The fraction of sp³-hybridized carbons (Fsp3) is 0.667. The zero-order valence-corrected chi connectivity index (χ0v) is 14.0. The molecule has 0 aromatic heterocycles. The number of anilines is 1. The third-order valence-electron chi connectivity index (χ3n) is 4.51. The van der Waals surface area contributed by atoms with Crippen LogP contribution in [0.3, 0.4) is 0 Å². The van der Waals surface area contributed by atoms with Gasteiger partial charge < -0.3 is 15.0 Å². The smallest absolute Gasteiger partial charge is 0.142 e. The predicted octanol–water partition coefficient (Wildman–Crippen LogP) is 3.82. The lowest BCUT2D eigenvalue weighted by molar-refractivity contribution is 0.404. The molecule has 0 saturated carbocycles. The molecule has 2 rings (SSSR count). The maximum atomic E-state index is 5.64. The van der Waals surface area contributed by atoms with Crippen LogP contribution in [0.1, 0.15) is 45.6 Å². The molecule has 1 aliphatic rings. The molecule has 0 radical (unpaired) electrons. The summed E-state index contributed by atoms with van der Waals surface area (Å²) in [6, 6.07) is 7.19. The van der Waals surface area contributed by atoms with Crippen molar-refractivity contribution in [3.8, 4) is 5.75 Å². The number of ether oxygens (including phenoxy) is 1. The standard InChI is InChI=1S/C18H30N2O/c1-5-15(3)19-12-16-8-9-17(18(11-16)21-4)20-10-6-7-14(2)13-20/h8-9,11,14-15,19H,5-7,10,12-13H2,1-4H3. The average molecular weight is 290 g/mol. The van der Waals surface area contributed by atoms with E-state index in [9.17, 15) is 0 Å². The van der Waals surface area contributed by atoms with Crippen LogP contribution in [-0.4, -0.2) is 26.2 Å². The van der Waals surface area contributed by atoms with Gasteiger partial charge >= 0.3 is 0 Å². The normalized spacial score (nSPS) is 20.4. The van der Waals surface area contributed by atoms with Gasteiger partial charge in [-0.25, -0.2) is 0 Å². The summed E-state index contributed by atoms with van der Waals surface area (Å²) >= 11 is 0. The lowest BCUT2D eigenvalue weighted by atomic mass is 9.99. The van der Waals surface area contributed by atoms with Crippen LogP contribution >= 0.6 is 0 Å². The van der Waals surface area contributed by atoms with E-state index < -0.39 is 0 Å². The van der Waals surface area contributed by atoms with Gasteiger partial charge in [-0.1, -0.05) is 19.9 Å². The first-order valence-corrected chi connectivity index (χ1v) is 8.29. The first-order chi connectivity index (χ1) is 10.1. The Morgan fingerprint density at radius 2 is 2.24 bits per heavy atom. The number of nitrogens with one attached hydrogen (secondary N) is 1. The van der Waals surface area contributed by atoms with E-state index in [0.29, 0.717) is 6.04 Å². The lowest BCUT2D eigenvalue weighted by Crippen LogP contribution is -2.34. The maximum absolute atomic E-state index is 5.64. The van der Waals surface area contributed by atoms with Gasteiger partial charge in [-0.05, 0) is 49.8 Å². The predicted molar refractivity (Wildman–Crippen MR) is 90.2 cm³/mol. The minimum absolute atomic E-state index is 0.554. The minimum Gasteiger partial charge on any atom is -0.495 e. The number of methoxy groups -OCH3 is 1. The molecule has 118 valence electrons. The van der Waals surface area contributed by atoms with E-state index in [2.05, 4.69) is 49.2 Å². The second-order valence-electron chi connectivity index (χ2n) is 6.39. The largest absolute Gasteiger partial charge is 0.495 e. The highest BCUT2D eigenvalue weighted by Gasteiger charge is 2.19. The fourth-order valence-electron chi connectivity index (χ4n) is 2.94. The van der Waals surface area contributed by atoms with Crippen LogP contribution < -0.4 is 15.0 Å². The van der Waals surface area contributed by atoms with Crippen molar-refractivity contribution in [2.24, 2.45) is 5.92 Å². The molecule has 1 aromatic carbocycles. The van der Waals surface area contributed by atoms with Gasteiger partial charge in [-0.3, -0.25) is 0 Å². The summed E-state index contributed by atoms with van der Waals surface area (Å²) in [6.45, 7) is 9.96. The van der Waals surface area contributed by atoms with Crippen LogP contribution in [0.15, 0.2) is 18.2 Å². The first-order valence-electron chi connectivity index (χ1n) is 8.29. The molecule has 0 aliphatic carbocycles. The number of benzene rings is 1. The van der Waals surface area contributed by atoms with Crippen molar-refractivity contribution < 1.29 is 4.74 Å². The number of rotatable bonds is 6. The molecule has 2 atom stereocenters. The fourth-order valence-corrected chi connectivity index (χ4v) is 2.94. The van der Waals surface area contributed by atoms with Gasteiger partial charge in [0.1, 0.15) is 5.75 Å². The van der Waals surface area contributed by atoms with Crippen molar-refractivity contribution in [2.75, 3.05) is 25.1 Å². The Morgan fingerprint density at radius 1 is 1.43 bits per heavy atom. The van der Waals surface area contributed by atoms with Gasteiger partial charge in [0.15, 0.2) is 0 Å². The average Bonchev–Trinajstić information content (AvgIpc) is 2.52. The molecule has 3 heteroatoms. The molecule has 1 aromatic rings. The van der Waals surface area contributed by atoms with Crippen LogP contribution in [0, 0.1) is 5.92 Å². The van der Waals surface area contributed by atoms with Crippen molar-refractivity contribution in [2.45, 2.75) is 52.6 Å². The number of hydrogen-bond donors (Lipinski definition) is 1. The van der Waals surface area contributed by atoms with E-state index in [1.165, 1.54) is 24.1 Å². The van der Waals surface area contributed by atoms with Gasteiger partial charge in [0.25, 0.3) is 0 Å². The lowest BCUT2D eigenvalue weighted by Gasteiger charge is -2.33. The van der Waals surface area contributed by atoms with Gasteiger partial charge in [-0.15, -0.1) is 0 Å². The number of piperidine rings is 1. The summed E-state index contributed by atoms with van der Waals surface area (Å²) in [4.78, 5) is 2.47. The molecule has 0 amide bonds. The van der Waals surface area contributed by atoms with Crippen LogP contribution in [0.25, 0.3) is 0 Å². The van der Waals surface area contributed by atoms with E-state index in [4.69, 9.17) is 4.74 Å². The first kappa shape index (κ1) is 16.2. The van der Waals surface area contributed by atoms with E-state index in [1.807, 2.05) is 0 Å². The molecular weight excluding hydrogens is 260 g/mol. The molecule has 1 heterocycles. The van der Waals surface area contributed by atoms with Crippen molar-refractivity contribution in [1.29, 1.82) is 0 Å². The third kappa shape index (κ3) is 4.37. The molecule has 1 aliphatic heterocycles. The van der Waals surface area contributed by atoms with Crippen LogP contribution in [0.5, 0.6) is 5.75 Å². The van der Waals surface area contributed by atoms with E-state index in [-0.39, 0.29) is 0 Å². The summed E-state index contributed by atoms with van der Waals surface area (Å²) in [6.07, 6.45) is 3.78. The van der Waals surface area contributed by atoms with Crippen LogP contribution in [0.2, 0.25) is 0 Å². The zero-order chi connectivity index (χ0) is 15.2. The Hall–Kier alpha value is -1.22. The summed E-state index contributed by atoms with van der Waals surface area (Å²) in [7, 11) is 1.78. The van der Waals surface area contributed by atoms with E-state index in [1.54, 1.807) is 7.11 Å². The molecule has 21 heavy (non-hydrogen) atoms. The molecule has 1 fully saturated rings. The SMILES string of the molecule is CCC(C)NCc1ccc(N2CCCC(C)C2)c(OC)c1. The number of hydrogen-bond acceptors (Lipinski definition) is 3. The van der Waals surface area contributed by atoms with Crippen LogP contribution in [-0.2, 0) is 6.54 Å². The Morgan fingerprint density at radius 3 is 2.90 bits per heavy atom. The van der Waals surface area contributed by atoms with Gasteiger partial charge in [0.2, 0.25) is 0 Å². The number of nitrogens with zero attached hydrogens (tertiary/aromatic N) is 1. The molecule has 0 bridgehead atoms. The second kappa shape index (κ2) is 7.69. The van der Waals surface area contributed by atoms with E-state index >= 15 is 0 Å². The molecule has 0 spiro atoms. The summed E-state index contributed by atoms with van der Waals surface area (Å²) in [5.41, 5.74) is 2.54. The second-order valence-corrected chi connectivity index (χ2v) is 6.39. The van der Waals surface area contributed by atoms with Crippen LogP contribution in [0.4, 0.5) is 5.69 Å². The van der Waals surface area contributed by atoms with E-state index in [0.717, 1.165) is 37.7 Å². The Balaban J connectivity index is 2.08. The van der Waals surface area contributed by atoms with Crippen molar-refractivity contribution in [1.82, 2.24) is 5.32 Å². The van der Waals surface area contributed by atoms with Gasteiger partial charge in [0, 0.05) is 25.7 Å². The zero-order valence-electron chi connectivity index (χ0n) is 14.0.